The molecule has 6 nitrogen and oxygen atoms in total. The minimum absolute atomic E-state index is 0.280. The predicted octanol–water partition coefficient (Wildman–Crippen LogP) is 3.62. The van der Waals surface area contributed by atoms with Gasteiger partial charge in [-0.2, -0.15) is 0 Å². The number of hydrogen-bond acceptors (Lipinski definition) is 4. The van der Waals surface area contributed by atoms with Crippen molar-refractivity contribution in [2.45, 2.75) is 13.3 Å². The van der Waals surface area contributed by atoms with Crippen LogP contribution in [0.15, 0.2) is 67.0 Å². The van der Waals surface area contributed by atoms with Crippen LogP contribution in [0.25, 0.3) is 0 Å². The summed E-state index contributed by atoms with van der Waals surface area (Å²) in [6, 6.07) is 16.7. The molecule has 0 radical (unpaired) electrons. The van der Waals surface area contributed by atoms with Crippen molar-refractivity contribution in [2.24, 2.45) is 0 Å². The van der Waals surface area contributed by atoms with Crippen molar-refractivity contribution in [3.63, 3.8) is 0 Å². The van der Waals surface area contributed by atoms with Gasteiger partial charge < -0.3 is 15.4 Å². The van der Waals surface area contributed by atoms with Gasteiger partial charge in [-0.05, 0) is 48.7 Å². The zero-order valence-electron chi connectivity index (χ0n) is 16.4. The third-order valence-corrected chi connectivity index (χ3v) is 4.41. The molecular formula is C23H23N3O3. The van der Waals surface area contributed by atoms with Crippen molar-refractivity contribution >= 4 is 17.5 Å². The number of aryl methyl sites for hydroxylation is 1. The second kappa shape index (κ2) is 9.50. The Kier molecular flexibility index (Phi) is 6.58. The summed E-state index contributed by atoms with van der Waals surface area (Å²) in [6.45, 7) is 2.39. The Bertz CT molecular complexity index is 1020. The molecule has 0 unspecified atom stereocenters. The molecule has 148 valence electrons. The molecule has 0 bridgehead atoms. The average Bonchev–Trinajstić information content (AvgIpc) is 2.74. The summed E-state index contributed by atoms with van der Waals surface area (Å²) in [4.78, 5) is 29.0. The Hall–Kier alpha value is -3.67. The van der Waals surface area contributed by atoms with Gasteiger partial charge in [-0.15, -0.1) is 0 Å². The molecule has 3 rings (SSSR count). The largest absolute Gasteiger partial charge is 0.496 e. The van der Waals surface area contributed by atoms with Gasteiger partial charge in [-0.3, -0.25) is 14.6 Å². The fourth-order valence-corrected chi connectivity index (χ4v) is 2.94. The van der Waals surface area contributed by atoms with Crippen molar-refractivity contribution in [1.29, 1.82) is 0 Å². The number of ether oxygens (including phenoxy) is 1. The molecule has 6 heteroatoms. The molecule has 3 aromatic rings. The first-order valence-corrected chi connectivity index (χ1v) is 9.30. The van der Waals surface area contributed by atoms with Gasteiger partial charge in [0.05, 0.1) is 18.2 Å². The number of nitrogens with zero attached hydrogens (tertiary/aromatic N) is 1. The van der Waals surface area contributed by atoms with E-state index in [9.17, 15) is 9.59 Å². The Balaban J connectivity index is 1.61. The van der Waals surface area contributed by atoms with Crippen LogP contribution in [-0.2, 0) is 6.42 Å². The highest BCUT2D eigenvalue weighted by atomic mass is 16.5. The smallest absolute Gasteiger partial charge is 0.257 e. The van der Waals surface area contributed by atoms with Crippen LogP contribution in [0.3, 0.4) is 0 Å². The molecule has 29 heavy (non-hydrogen) atoms. The summed E-state index contributed by atoms with van der Waals surface area (Å²) in [5, 5.41) is 5.67. The second-order valence-corrected chi connectivity index (χ2v) is 6.60. The first kappa shape index (κ1) is 20.1. The van der Waals surface area contributed by atoms with Crippen molar-refractivity contribution in [2.75, 3.05) is 19.0 Å². The van der Waals surface area contributed by atoms with Crippen LogP contribution in [0.5, 0.6) is 5.75 Å². The number of amides is 2. The highest BCUT2D eigenvalue weighted by molar-refractivity contribution is 6.05. The lowest BCUT2D eigenvalue weighted by atomic mass is 10.1. The molecule has 0 fully saturated rings. The van der Waals surface area contributed by atoms with E-state index in [1.54, 1.807) is 7.11 Å². The number of aromatic nitrogens is 1. The molecule has 0 saturated heterocycles. The summed E-state index contributed by atoms with van der Waals surface area (Å²) in [7, 11) is 1.62. The predicted molar refractivity (Wildman–Crippen MR) is 112 cm³/mol. The van der Waals surface area contributed by atoms with Gasteiger partial charge in [-0.1, -0.05) is 30.3 Å². The van der Waals surface area contributed by atoms with Crippen molar-refractivity contribution in [1.82, 2.24) is 10.3 Å². The lowest BCUT2D eigenvalue weighted by Gasteiger charge is -2.10. The molecule has 1 aromatic heterocycles. The van der Waals surface area contributed by atoms with Crippen molar-refractivity contribution in [3.8, 4) is 5.75 Å². The van der Waals surface area contributed by atoms with Crippen LogP contribution < -0.4 is 15.4 Å². The summed E-state index contributed by atoms with van der Waals surface area (Å²) in [5.41, 5.74) is 3.41. The number of methoxy groups -OCH3 is 1. The van der Waals surface area contributed by atoms with Crippen molar-refractivity contribution in [3.05, 3.63) is 89.2 Å². The Morgan fingerprint density at radius 1 is 0.966 bits per heavy atom. The van der Waals surface area contributed by atoms with Gasteiger partial charge in [0.15, 0.2) is 0 Å². The van der Waals surface area contributed by atoms with Crippen LogP contribution >= 0.6 is 0 Å². The number of hydrogen-bond donors (Lipinski definition) is 2. The normalized spacial score (nSPS) is 10.3. The highest BCUT2D eigenvalue weighted by Gasteiger charge is 2.12. The Labute approximate surface area is 169 Å². The summed E-state index contributed by atoms with van der Waals surface area (Å²) in [5.74, 6) is 0.197. The zero-order valence-corrected chi connectivity index (χ0v) is 16.4. The van der Waals surface area contributed by atoms with Crippen LogP contribution in [0, 0.1) is 6.92 Å². The molecular weight excluding hydrogens is 366 g/mol. The van der Waals surface area contributed by atoms with Crippen molar-refractivity contribution < 1.29 is 14.3 Å². The first-order valence-electron chi connectivity index (χ1n) is 9.30. The van der Waals surface area contributed by atoms with Gasteiger partial charge in [0.25, 0.3) is 11.8 Å². The average molecular weight is 389 g/mol. The number of carbonyl (C=O) groups is 2. The minimum Gasteiger partial charge on any atom is -0.496 e. The fourth-order valence-electron chi connectivity index (χ4n) is 2.94. The molecule has 0 aliphatic heterocycles. The van der Waals surface area contributed by atoms with Gasteiger partial charge in [0.1, 0.15) is 5.75 Å². The van der Waals surface area contributed by atoms with E-state index in [-0.39, 0.29) is 11.8 Å². The quantitative estimate of drug-likeness (QED) is 0.647. The first-order chi connectivity index (χ1) is 14.1. The van der Waals surface area contributed by atoms with E-state index in [1.807, 2.05) is 55.5 Å². The Morgan fingerprint density at radius 3 is 2.48 bits per heavy atom. The number of nitrogens with one attached hydrogen (secondary N) is 2. The maximum absolute atomic E-state index is 12.5. The molecule has 2 N–H and O–H groups in total. The van der Waals surface area contributed by atoms with E-state index in [0.29, 0.717) is 29.8 Å². The van der Waals surface area contributed by atoms with E-state index in [4.69, 9.17) is 4.74 Å². The molecule has 0 aliphatic rings. The molecule has 2 aromatic carbocycles. The third-order valence-electron chi connectivity index (χ3n) is 4.41. The third kappa shape index (κ3) is 5.42. The summed E-state index contributed by atoms with van der Waals surface area (Å²) < 4.78 is 5.32. The SMILES string of the molecule is COc1ccccc1CCNC(=O)c1cncc(C(=O)Nc2cccc(C)c2)c1. The van der Waals surface area contributed by atoms with Gasteiger partial charge in [0.2, 0.25) is 0 Å². The molecule has 0 atom stereocenters. The number of para-hydroxylation sites is 1. The molecule has 1 heterocycles. The molecule has 2 amide bonds. The topological polar surface area (TPSA) is 80.3 Å². The maximum atomic E-state index is 12.5. The number of carbonyl (C=O) groups excluding carboxylic acids is 2. The van der Waals surface area contributed by atoms with Gasteiger partial charge >= 0.3 is 0 Å². The van der Waals surface area contributed by atoms with Crippen LogP contribution in [0.1, 0.15) is 31.8 Å². The van der Waals surface area contributed by atoms with Crippen LogP contribution in [0.2, 0.25) is 0 Å². The molecule has 0 spiro atoms. The van der Waals surface area contributed by atoms with E-state index in [1.165, 1.54) is 18.5 Å². The number of anilines is 1. The van der Waals surface area contributed by atoms with E-state index in [2.05, 4.69) is 15.6 Å². The summed E-state index contributed by atoms with van der Waals surface area (Å²) in [6.07, 6.45) is 3.52. The van der Waals surface area contributed by atoms with Crippen LogP contribution in [0.4, 0.5) is 5.69 Å². The second-order valence-electron chi connectivity index (χ2n) is 6.60. The summed E-state index contributed by atoms with van der Waals surface area (Å²) >= 11 is 0. The van der Waals surface area contributed by atoms with E-state index < -0.39 is 0 Å². The van der Waals surface area contributed by atoms with Gasteiger partial charge in [-0.25, -0.2) is 0 Å². The molecule has 0 aliphatic carbocycles. The maximum Gasteiger partial charge on any atom is 0.257 e. The molecule has 0 saturated carbocycles. The number of rotatable bonds is 7. The van der Waals surface area contributed by atoms with Gasteiger partial charge in [0, 0.05) is 24.6 Å². The fraction of sp³-hybridized carbons (Fsp3) is 0.174. The van der Waals surface area contributed by atoms with Crippen LogP contribution in [-0.4, -0.2) is 30.5 Å². The van der Waals surface area contributed by atoms with E-state index >= 15 is 0 Å². The lowest BCUT2D eigenvalue weighted by molar-refractivity contribution is 0.0953. The minimum atomic E-state index is -0.313. The number of pyridine rings is 1. The lowest BCUT2D eigenvalue weighted by Crippen LogP contribution is -2.26. The standard InChI is InChI=1S/C23H23N3O3/c1-16-6-5-8-20(12-16)26-23(28)19-13-18(14-24-15-19)22(27)25-11-10-17-7-3-4-9-21(17)29-2/h3-9,12-15H,10-11H2,1-2H3,(H,25,27)(H,26,28). The monoisotopic (exact) mass is 389 g/mol. The van der Waals surface area contributed by atoms with E-state index in [0.717, 1.165) is 16.9 Å². The Morgan fingerprint density at radius 2 is 1.72 bits per heavy atom. The zero-order chi connectivity index (χ0) is 20.6. The number of benzene rings is 2. The highest BCUT2D eigenvalue weighted by Crippen LogP contribution is 2.17.